The minimum atomic E-state index is -4.69. The molecule has 5 rings (SSSR count). The van der Waals surface area contributed by atoms with E-state index in [1.54, 1.807) is 28.9 Å². The van der Waals surface area contributed by atoms with E-state index >= 15 is 0 Å². The number of hydrogen-bond acceptors (Lipinski definition) is 5. The van der Waals surface area contributed by atoms with Crippen LogP contribution in [0.15, 0.2) is 36.5 Å². The van der Waals surface area contributed by atoms with Crippen molar-refractivity contribution >= 4 is 40.4 Å². The number of carbonyl (C=O) groups is 2. The zero-order valence-electron chi connectivity index (χ0n) is 18.7. The number of nitrogens with zero attached hydrogens (tertiary/aromatic N) is 5. The van der Waals surface area contributed by atoms with Gasteiger partial charge < -0.3 is 15.1 Å². The average molecular weight is 507 g/mol. The number of nitrogens with one attached hydrogen (secondary N) is 1. The molecule has 0 aliphatic carbocycles. The molecule has 2 atom stereocenters. The van der Waals surface area contributed by atoms with E-state index in [1.807, 2.05) is 4.90 Å². The summed E-state index contributed by atoms with van der Waals surface area (Å²) in [7, 11) is 1.13. The third-order valence-corrected chi connectivity index (χ3v) is 6.69. The van der Waals surface area contributed by atoms with Gasteiger partial charge in [0.05, 0.1) is 23.5 Å². The quantitative estimate of drug-likeness (QED) is 0.584. The molecule has 184 valence electrons. The number of hydrogen-bond donors (Lipinski definition) is 1. The second kappa shape index (κ2) is 8.71. The van der Waals surface area contributed by atoms with Gasteiger partial charge in [-0.2, -0.15) is 18.3 Å². The van der Waals surface area contributed by atoms with E-state index in [0.717, 1.165) is 31.3 Å². The van der Waals surface area contributed by atoms with Crippen molar-refractivity contribution in [1.82, 2.24) is 24.8 Å². The van der Waals surface area contributed by atoms with Crippen molar-refractivity contribution in [2.24, 2.45) is 5.92 Å². The lowest BCUT2D eigenvalue weighted by Gasteiger charge is -2.33. The molecular weight excluding hydrogens is 485 g/mol. The fourth-order valence-electron chi connectivity index (χ4n) is 4.86. The van der Waals surface area contributed by atoms with Crippen LogP contribution in [0.25, 0.3) is 5.65 Å². The smallest absolute Gasteiger partial charge is 0.355 e. The van der Waals surface area contributed by atoms with Gasteiger partial charge in [0.15, 0.2) is 16.8 Å². The summed E-state index contributed by atoms with van der Waals surface area (Å²) in [5.41, 5.74) is 3.02. The zero-order chi connectivity index (χ0) is 24.9. The van der Waals surface area contributed by atoms with Crippen LogP contribution in [0.2, 0.25) is 5.15 Å². The number of rotatable bonds is 4. The maximum Gasteiger partial charge on any atom is 0.413 e. The zero-order valence-corrected chi connectivity index (χ0v) is 19.5. The van der Waals surface area contributed by atoms with Gasteiger partial charge in [0, 0.05) is 38.3 Å². The van der Waals surface area contributed by atoms with Crippen LogP contribution in [-0.2, 0) is 16.0 Å². The standard InChI is InChI=1S/C23H22ClF3N6O2/c1-31(22(35)14-9-20(34)29-11-14)21(23(25,26)27)13-4-6-15(7-5-13)32-8-2-3-16-17(32)12-28-19-10-18(24)30-33(16)19/h4-7,10,12,14,21H,2-3,8-9,11H2,1H3,(H,29,34)/t14?,21-/m1/s1. The first kappa shape index (κ1) is 23.4. The Labute approximate surface area is 203 Å². The number of halogens is 4. The number of anilines is 2. The highest BCUT2D eigenvalue weighted by molar-refractivity contribution is 6.29. The Kier molecular flexibility index (Phi) is 5.82. The summed E-state index contributed by atoms with van der Waals surface area (Å²) in [5.74, 6) is -1.86. The normalized spacial score (nSPS) is 18.9. The lowest BCUT2D eigenvalue weighted by atomic mass is 10.0. The van der Waals surface area contributed by atoms with Crippen molar-refractivity contribution < 1.29 is 22.8 Å². The van der Waals surface area contributed by atoms with Crippen molar-refractivity contribution in [3.05, 3.63) is 52.9 Å². The van der Waals surface area contributed by atoms with E-state index in [1.165, 1.54) is 12.1 Å². The highest BCUT2D eigenvalue weighted by Gasteiger charge is 2.47. The summed E-state index contributed by atoms with van der Waals surface area (Å²) in [6.07, 6.45) is -1.49. The maximum atomic E-state index is 14.1. The minimum Gasteiger partial charge on any atom is -0.355 e. The van der Waals surface area contributed by atoms with Crippen molar-refractivity contribution in [1.29, 1.82) is 0 Å². The third-order valence-electron chi connectivity index (χ3n) is 6.51. The second-order valence-corrected chi connectivity index (χ2v) is 9.16. The minimum absolute atomic E-state index is 0.0443. The first-order valence-corrected chi connectivity index (χ1v) is 11.5. The van der Waals surface area contributed by atoms with Crippen LogP contribution in [0.5, 0.6) is 0 Å². The highest BCUT2D eigenvalue weighted by atomic mass is 35.5. The topological polar surface area (TPSA) is 82.8 Å². The van der Waals surface area contributed by atoms with Crippen LogP contribution in [0.4, 0.5) is 24.5 Å². The van der Waals surface area contributed by atoms with Gasteiger partial charge in [0.1, 0.15) is 0 Å². The lowest BCUT2D eigenvalue weighted by Crippen LogP contribution is -2.43. The Bertz CT molecular complexity index is 1290. The summed E-state index contributed by atoms with van der Waals surface area (Å²) in [6, 6.07) is 5.55. The number of amides is 2. The van der Waals surface area contributed by atoms with Crippen molar-refractivity contribution in [2.75, 3.05) is 25.0 Å². The maximum absolute atomic E-state index is 14.1. The summed E-state index contributed by atoms with van der Waals surface area (Å²) in [5, 5.41) is 7.13. The molecule has 0 spiro atoms. The number of fused-ring (bicyclic) bond motifs is 3. The number of aromatic nitrogens is 3. The predicted molar refractivity (Wildman–Crippen MR) is 122 cm³/mol. The van der Waals surface area contributed by atoms with Crippen LogP contribution in [0.3, 0.4) is 0 Å². The molecule has 1 unspecified atom stereocenters. The number of carbonyl (C=O) groups excluding carboxylic acids is 2. The first-order valence-electron chi connectivity index (χ1n) is 11.1. The van der Waals surface area contributed by atoms with Crippen LogP contribution < -0.4 is 10.2 Å². The molecule has 8 nitrogen and oxygen atoms in total. The summed E-state index contributed by atoms with van der Waals surface area (Å²) >= 11 is 6.03. The summed E-state index contributed by atoms with van der Waals surface area (Å²) in [4.78, 5) is 31.2. The number of alkyl halides is 3. The molecule has 1 saturated heterocycles. The lowest BCUT2D eigenvalue weighted by molar-refractivity contribution is -0.190. The van der Waals surface area contributed by atoms with E-state index in [0.29, 0.717) is 27.9 Å². The molecule has 1 N–H and O–H groups in total. The fourth-order valence-corrected chi connectivity index (χ4v) is 5.03. The highest BCUT2D eigenvalue weighted by Crippen LogP contribution is 2.40. The van der Waals surface area contributed by atoms with Gasteiger partial charge in [-0.15, -0.1) is 0 Å². The van der Waals surface area contributed by atoms with Crippen LogP contribution >= 0.6 is 11.6 Å². The molecule has 1 fully saturated rings. The first-order chi connectivity index (χ1) is 16.6. The van der Waals surface area contributed by atoms with E-state index in [9.17, 15) is 22.8 Å². The van der Waals surface area contributed by atoms with E-state index in [-0.39, 0.29) is 24.4 Å². The molecular formula is C23H22ClF3N6O2. The number of aryl methyl sites for hydroxylation is 1. The molecule has 2 amide bonds. The van der Waals surface area contributed by atoms with Gasteiger partial charge in [-0.25, -0.2) is 9.50 Å². The third kappa shape index (κ3) is 4.29. The molecule has 0 bridgehead atoms. The molecule has 1 aromatic carbocycles. The van der Waals surface area contributed by atoms with Gasteiger partial charge >= 0.3 is 6.18 Å². The number of benzene rings is 1. The van der Waals surface area contributed by atoms with Crippen molar-refractivity contribution in [3.63, 3.8) is 0 Å². The van der Waals surface area contributed by atoms with Gasteiger partial charge in [0.25, 0.3) is 0 Å². The predicted octanol–water partition coefficient (Wildman–Crippen LogP) is 3.66. The van der Waals surface area contributed by atoms with Crippen molar-refractivity contribution in [2.45, 2.75) is 31.5 Å². The van der Waals surface area contributed by atoms with Crippen LogP contribution in [-0.4, -0.2) is 57.6 Å². The van der Waals surface area contributed by atoms with Gasteiger partial charge in [0.2, 0.25) is 11.8 Å². The van der Waals surface area contributed by atoms with E-state index in [4.69, 9.17) is 11.6 Å². The Morgan fingerprint density at radius 2 is 2.03 bits per heavy atom. The fraction of sp³-hybridized carbons (Fsp3) is 0.391. The van der Waals surface area contributed by atoms with Gasteiger partial charge in [-0.3, -0.25) is 9.59 Å². The van der Waals surface area contributed by atoms with Gasteiger partial charge in [-0.1, -0.05) is 23.7 Å². The SMILES string of the molecule is CN(C(=O)C1CNC(=O)C1)[C@H](c1ccc(N2CCCc3c2cnc2cc(Cl)nn32)cc1)C(F)(F)F. The van der Waals surface area contributed by atoms with Crippen LogP contribution in [0, 0.1) is 5.92 Å². The molecule has 4 heterocycles. The molecule has 2 aliphatic rings. The van der Waals surface area contributed by atoms with Crippen molar-refractivity contribution in [3.8, 4) is 0 Å². The molecule has 3 aromatic rings. The van der Waals surface area contributed by atoms with Gasteiger partial charge in [-0.05, 0) is 30.5 Å². The van der Waals surface area contributed by atoms with E-state index in [2.05, 4.69) is 15.4 Å². The Morgan fingerprint density at radius 3 is 2.69 bits per heavy atom. The summed E-state index contributed by atoms with van der Waals surface area (Å²) in [6.45, 7) is 0.709. The Morgan fingerprint density at radius 1 is 1.29 bits per heavy atom. The molecule has 35 heavy (non-hydrogen) atoms. The molecule has 2 aliphatic heterocycles. The van der Waals surface area contributed by atoms with E-state index < -0.39 is 24.0 Å². The molecule has 0 radical (unpaired) electrons. The molecule has 2 aromatic heterocycles. The Balaban J connectivity index is 1.44. The monoisotopic (exact) mass is 506 g/mol. The largest absolute Gasteiger partial charge is 0.413 e. The Hall–Kier alpha value is -3.34. The second-order valence-electron chi connectivity index (χ2n) is 8.77. The summed E-state index contributed by atoms with van der Waals surface area (Å²) < 4.78 is 43.9. The van der Waals surface area contributed by atoms with Crippen LogP contribution in [0.1, 0.15) is 30.1 Å². The average Bonchev–Trinajstić information content (AvgIpc) is 3.42. The molecule has 0 saturated carbocycles. The molecule has 12 heteroatoms.